The van der Waals surface area contributed by atoms with E-state index in [2.05, 4.69) is 15.3 Å². The van der Waals surface area contributed by atoms with Crippen LogP contribution in [0, 0.1) is 12.8 Å². The van der Waals surface area contributed by atoms with E-state index in [-0.39, 0.29) is 17.7 Å². The first-order valence-corrected chi connectivity index (χ1v) is 7.52. The fraction of sp³-hybridized carbons (Fsp3) is 0.600. The number of carbonyl (C=O) groups excluding carboxylic acids is 2. The molecule has 3 rings (SSSR count). The van der Waals surface area contributed by atoms with Crippen molar-refractivity contribution in [3.63, 3.8) is 0 Å². The summed E-state index contributed by atoms with van der Waals surface area (Å²) in [7, 11) is 0. The predicted molar refractivity (Wildman–Crippen MR) is 76.6 cm³/mol. The second-order valence-electron chi connectivity index (χ2n) is 5.92. The molecule has 1 aromatic heterocycles. The molecule has 1 atom stereocenters. The molecule has 112 valence electrons. The molecule has 2 aliphatic rings. The molecule has 1 aliphatic carbocycles. The third kappa shape index (κ3) is 3.37. The quantitative estimate of drug-likeness (QED) is 0.897. The molecular weight excluding hydrogens is 268 g/mol. The minimum Gasteiger partial charge on any atom is -0.353 e. The highest BCUT2D eigenvalue weighted by atomic mass is 16.2. The van der Waals surface area contributed by atoms with Gasteiger partial charge in [0.1, 0.15) is 5.69 Å². The lowest BCUT2D eigenvalue weighted by atomic mass is 9.97. The van der Waals surface area contributed by atoms with Crippen LogP contribution >= 0.6 is 0 Å². The summed E-state index contributed by atoms with van der Waals surface area (Å²) in [5.41, 5.74) is 1.13. The number of hydrogen-bond acceptors (Lipinski definition) is 4. The van der Waals surface area contributed by atoms with E-state index in [9.17, 15) is 9.59 Å². The summed E-state index contributed by atoms with van der Waals surface area (Å²) in [6, 6.07) is 0.367. The Labute approximate surface area is 124 Å². The largest absolute Gasteiger partial charge is 0.353 e. The number of likely N-dealkylation sites (tertiary alicyclic amines) is 1. The zero-order valence-electron chi connectivity index (χ0n) is 12.2. The number of nitrogens with zero attached hydrogens (tertiary/aromatic N) is 3. The molecule has 1 unspecified atom stereocenters. The number of aromatic nitrogens is 2. The van der Waals surface area contributed by atoms with Crippen molar-refractivity contribution in [2.45, 2.75) is 38.6 Å². The lowest BCUT2D eigenvalue weighted by Crippen LogP contribution is -2.46. The highest BCUT2D eigenvalue weighted by molar-refractivity contribution is 5.92. The maximum absolute atomic E-state index is 12.4. The van der Waals surface area contributed by atoms with E-state index in [0.29, 0.717) is 24.8 Å². The van der Waals surface area contributed by atoms with Gasteiger partial charge in [-0.05, 0) is 32.6 Å². The molecule has 6 heteroatoms. The predicted octanol–water partition coefficient (Wildman–Crippen LogP) is 0.916. The molecule has 1 saturated heterocycles. The number of piperidine rings is 1. The normalized spacial score (nSPS) is 22.0. The van der Waals surface area contributed by atoms with Gasteiger partial charge in [-0.3, -0.25) is 14.6 Å². The molecule has 21 heavy (non-hydrogen) atoms. The summed E-state index contributed by atoms with van der Waals surface area (Å²) in [4.78, 5) is 34.5. The molecule has 0 spiro atoms. The van der Waals surface area contributed by atoms with Crippen molar-refractivity contribution in [1.82, 2.24) is 20.2 Å². The number of amides is 2. The average Bonchev–Trinajstić information content (AvgIpc) is 3.31. The van der Waals surface area contributed by atoms with Gasteiger partial charge >= 0.3 is 0 Å². The molecule has 1 N–H and O–H groups in total. The number of rotatable bonds is 3. The van der Waals surface area contributed by atoms with Crippen molar-refractivity contribution >= 4 is 11.8 Å². The summed E-state index contributed by atoms with van der Waals surface area (Å²) in [6.07, 6.45) is 6.97. The van der Waals surface area contributed by atoms with Crippen molar-refractivity contribution in [3.05, 3.63) is 23.8 Å². The van der Waals surface area contributed by atoms with Crippen molar-refractivity contribution in [1.29, 1.82) is 0 Å². The van der Waals surface area contributed by atoms with E-state index in [1.54, 1.807) is 11.1 Å². The maximum atomic E-state index is 12.4. The second-order valence-corrected chi connectivity index (χ2v) is 5.92. The van der Waals surface area contributed by atoms with Crippen LogP contribution in [-0.2, 0) is 4.79 Å². The summed E-state index contributed by atoms with van der Waals surface area (Å²) >= 11 is 0. The van der Waals surface area contributed by atoms with Crippen LogP contribution in [0.15, 0.2) is 12.4 Å². The first kappa shape index (κ1) is 14.0. The zero-order valence-corrected chi connectivity index (χ0v) is 12.2. The summed E-state index contributed by atoms with van der Waals surface area (Å²) < 4.78 is 0. The third-order valence-corrected chi connectivity index (χ3v) is 4.00. The van der Waals surface area contributed by atoms with E-state index in [1.807, 2.05) is 6.92 Å². The van der Waals surface area contributed by atoms with Gasteiger partial charge in [0.05, 0.1) is 17.8 Å². The Bertz CT molecular complexity index is 539. The molecule has 1 saturated carbocycles. The molecule has 0 aromatic carbocycles. The fourth-order valence-electron chi connectivity index (χ4n) is 2.59. The molecule has 2 fully saturated rings. The summed E-state index contributed by atoms with van der Waals surface area (Å²) in [5, 5.41) is 3.03. The van der Waals surface area contributed by atoms with Crippen molar-refractivity contribution < 1.29 is 9.59 Å². The Morgan fingerprint density at radius 1 is 1.24 bits per heavy atom. The molecule has 2 amide bonds. The van der Waals surface area contributed by atoms with Gasteiger partial charge < -0.3 is 10.2 Å². The van der Waals surface area contributed by atoms with E-state index < -0.39 is 0 Å². The lowest BCUT2D eigenvalue weighted by molar-refractivity contribution is -0.126. The Morgan fingerprint density at radius 3 is 2.71 bits per heavy atom. The van der Waals surface area contributed by atoms with Crippen LogP contribution in [0.1, 0.15) is 41.9 Å². The van der Waals surface area contributed by atoms with Crippen molar-refractivity contribution in [2.75, 3.05) is 13.1 Å². The Morgan fingerprint density at radius 2 is 2.05 bits per heavy atom. The van der Waals surface area contributed by atoms with Gasteiger partial charge in [0, 0.05) is 25.3 Å². The first-order valence-electron chi connectivity index (χ1n) is 7.52. The van der Waals surface area contributed by atoms with Gasteiger partial charge in [-0.25, -0.2) is 4.98 Å². The van der Waals surface area contributed by atoms with Crippen LogP contribution in [0.4, 0.5) is 0 Å². The average molecular weight is 288 g/mol. The SMILES string of the molecule is Cc1cnc(C(=O)N2CCCC(C(=O)NC3CC3)C2)cn1. The number of carbonyl (C=O) groups is 2. The smallest absolute Gasteiger partial charge is 0.274 e. The molecule has 2 heterocycles. The molecular formula is C15H20N4O2. The third-order valence-electron chi connectivity index (χ3n) is 4.00. The Hall–Kier alpha value is -1.98. The van der Waals surface area contributed by atoms with Crippen LogP contribution in [0.3, 0.4) is 0 Å². The minimum absolute atomic E-state index is 0.0880. The standard InChI is InChI=1S/C15H20N4O2/c1-10-7-17-13(8-16-10)15(21)19-6-2-3-11(9-19)14(20)18-12-4-5-12/h7-8,11-12H,2-6,9H2,1H3,(H,18,20). The van der Waals surface area contributed by atoms with Crippen LogP contribution in [0.2, 0.25) is 0 Å². The topological polar surface area (TPSA) is 75.2 Å². The van der Waals surface area contributed by atoms with Crippen LogP contribution in [-0.4, -0.2) is 45.8 Å². The minimum atomic E-state index is -0.133. The number of aryl methyl sites for hydroxylation is 1. The van der Waals surface area contributed by atoms with E-state index in [0.717, 1.165) is 31.4 Å². The molecule has 6 nitrogen and oxygen atoms in total. The van der Waals surface area contributed by atoms with Gasteiger partial charge in [-0.2, -0.15) is 0 Å². The molecule has 1 aromatic rings. The second kappa shape index (κ2) is 5.79. The summed E-state index contributed by atoms with van der Waals surface area (Å²) in [5.74, 6) is -0.141. The van der Waals surface area contributed by atoms with Gasteiger partial charge in [0.15, 0.2) is 0 Å². The molecule has 1 aliphatic heterocycles. The highest BCUT2D eigenvalue weighted by Gasteiger charge is 2.32. The van der Waals surface area contributed by atoms with E-state index in [1.165, 1.54) is 6.20 Å². The molecule has 0 bridgehead atoms. The van der Waals surface area contributed by atoms with E-state index >= 15 is 0 Å². The van der Waals surface area contributed by atoms with Crippen molar-refractivity contribution in [2.24, 2.45) is 5.92 Å². The lowest BCUT2D eigenvalue weighted by Gasteiger charge is -2.31. The number of nitrogens with one attached hydrogen (secondary N) is 1. The fourth-order valence-corrected chi connectivity index (χ4v) is 2.59. The van der Waals surface area contributed by atoms with E-state index in [4.69, 9.17) is 0 Å². The number of hydrogen-bond donors (Lipinski definition) is 1. The van der Waals surface area contributed by atoms with Crippen molar-refractivity contribution in [3.8, 4) is 0 Å². The monoisotopic (exact) mass is 288 g/mol. The van der Waals surface area contributed by atoms with Gasteiger partial charge in [-0.15, -0.1) is 0 Å². The molecule has 0 radical (unpaired) electrons. The maximum Gasteiger partial charge on any atom is 0.274 e. The Kier molecular flexibility index (Phi) is 3.86. The summed E-state index contributed by atoms with van der Waals surface area (Å²) in [6.45, 7) is 2.99. The van der Waals surface area contributed by atoms with Gasteiger partial charge in [0.25, 0.3) is 5.91 Å². The van der Waals surface area contributed by atoms with Crippen LogP contribution in [0.25, 0.3) is 0 Å². The van der Waals surface area contributed by atoms with Crippen LogP contribution < -0.4 is 5.32 Å². The van der Waals surface area contributed by atoms with Gasteiger partial charge in [-0.1, -0.05) is 0 Å². The Balaban J connectivity index is 1.63. The van der Waals surface area contributed by atoms with Gasteiger partial charge in [0.2, 0.25) is 5.91 Å². The van der Waals surface area contributed by atoms with Crippen LogP contribution in [0.5, 0.6) is 0 Å². The zero-order chi connectivity index (χ0) is 14.8. The highest BCUT2D eigenvalue weighted by Crippen LogP contribution is 2.22. The first-order chi connectivity index (χ1) is 10.1.